The number of morpholine rings is 1. The van der Waals surface area contributed by atoms with Crippen LogP contribution >= 0.6 is 0 Å². The molecule has 156 valence electrons. The monoisotopic (exact) mass is 421 g/mol. The van der Waals surface area contributed by atoms with Crippen LogP contribution in [-0.2, 0) is 19.5 Å². The maximum atomic E-state index is 12.8. The lowest BCUT2D eigenvalue weighted by Gasteiger charge is -2.26. The van der Waals surface area contributed by atoms with Gasteiger partial charge >= 0.3 is 0 Å². The van der Waals surface area contributed by atoms with Gasteiger partial charge in [-0.2, -0.15) is 4.31 Å². The number of nitrogens with one attached hydrogen (secondary N) is 1. The first kappa shape index (κ1) is 21.2. The smallest absolute Gasteiger partial charge is 0.255 e. The molecule has 0 radical (unpaired) electrons. The molecule has 1 aromatic carbocycles. The van der Waals surface area contributed by atoms with Crippen LogP contribution in [-0.4, -0.2) is 70.2 Å². The van der Waals surface area contributed by atoms with Gasteiger partial charge in [0.15, 0.2) is 0 Å². The third-order valence-electron chi connectivity index (χ3n) is 4.25. The summed E-state index contributed by atoms with van der Waals surface area (Å²) in [4.78, 5) is 16.9. The van der Waals surface area contributed by atoms with Crippen molar-refractivity contribution in [3.63, 3.8) is 0 Å². The Kier molecular flexibility index (Phi) is 7.15. The Hall–Kier alpha value is -2.53. The SMILES string of the molecule is COCCOc1ncccc1NC(=O)c1cccc(S(=O)(=O)N2CCOCC2)c1. The van der Waals surface area contributed by atoms with Crippen LogP contribution in [0.2, 0.25) is 0 Å². The number of hydrogen-bond donors (Lipinski definition) is 1. The molecule has 0 bridgehead atoms. The number of hydrogen-bond acceptors (Lipinski definition) is 7. The third-order valence-corrected chi connectivity index (χ3v) is 6.14. The zero-order chi connectivity index (χ0) is 20.7. The molecule has 9 nitrogen and oxygen atoms in total. The molecule has 1 N–H and O–H groups in total. The maximum absolute atomic E-state index is 12.8. The van der Waals surface area contributed by atoms with E-state index in [0.29, 0.717) is 25.5 Å². The van der Waals surface area contributed by atoms with E-state index in [2.05, 4.69) is 10.3 Å². The average molecular weight is 421 g/mol. The first-order valence-electron chi connectivity index (χ1n) is 9.08. The molecule has 1 aromatic heterocycles. The number of ether oxygens (including phenoxy) is 3. The van der Waals surface area contributed by atoms with Crippen LogP contribution in [0.4, 0.5) is 5.69 Å². The van der Waals surface area contributed by atoms with Gasteiger partial charge in [-0.15, -0.1) is 0 Å². The minimum atomic E-state index is -3.69. The topological polar surface area (TPSA) is 107 Å². The summed E-state index contributed by atoms with van der Waals surface area (Å²) in [7, 11) is -2.13. The molecule has 2 aromatic rings. The highest BCUT2D eigenvalue weighted by atomic mass is 32.2. The molecule has 10 heteroatoms. The quantitative estimate of drug-likeness (QED) is 0.642. The Labute approximate surface area is 169 Å². The number of pyridine rings is 1. The van der Waals surface area contributed by atoms with Gasteiger partial charge in [0, 0.05) is 32.0 Å². The average Bonchev–Trinajstić information content (AvgIpc) is 2.76. The van der Waals surface area contributed by atoms with E-state index in [0.717, 1.165) is 0 Å². The largest absolute Gasteiger partial charge is 0.474 e. The van der Waals surface area contributed by atoms with Gasteiger partial charge in [-0.25, -0.2) is 13.4 Å². The van der Waals surface area contributed by atoms with Crippen LogP contribution in [0.5, 0.6) is 5.88 Å². The third kappa shape index (κ3) is 5.30. The van der Waals surface area contributed by atoms with Crippen molar-refractivity contribution in [2.75, 3.05) is 51.9 Å². The molecule has 0 spiro atoms. The van der Waals surface area contributed by atoms with Crippen molar-refractivity contribution in [2.45, 2.75) is 4.90 Å². The van der Waals surface area contributed by atoms with E-state index in [9.17, 15) is 13.2 Å². The van der Waals surface area contributed by atoms with Gasteiger partial charge in [0.2, 0.25) is 15.9 Å². The fraction of sp³-hybridized carbons (Fsp3) is 0.368. The Morgan fingerprint density at radius 1 is 1.21 bits per heavy atom. The molecular formula is C19H23N3O6S. The summed E-state index contributed by atoms with van der Waals surface area (Å²) in [6, 6.07) is 9.25. The lowest BCUT2D eigenvalue weighted by atomic mass is 10.2. The van der Waals surface area contributed by atoms with Crippen molar-refractivity contribution in [2.24, 2.45) is 0 Å². The van der Waals surface area contributed by atoms with Gasteiger partial charge in [-0.1, -0.05) is 6.07 Å². The van der Waals surface area contributed by atoms with Crippen molar-refractivity contribution in [3.8, 4) is 5.88 Å². The Morgan fingerprint density at radius 3 is 2.76 bits per heavy atom. The van der Waals surface area contributed by atoms with E-state index < -0.39 is 15.9 Å². The highest BCUT2D eigenvalue weighted by Crippen LogP contribution is 2.23. The van der Waals surface area contributed by atoms with Crippen molar-refractivity contribution in [3.05, 3.63) is 48.2 Å². The van der Waals surface area contributed by atoms with Gasteiger partial charge in [0.25, 0.3) is 5.91 Å². The minimum absolute atomic E-state index is 0.0646. The van der Waals surface area contributed by atoms with E-state index in [1.807, 2.05) is 0 Å². The van der Waals surface area contributed by atoms with Crippen molar-refractivity contribution in [1.29, 1.82) is 0 Å². The Morgan fingerprint density at radius 2 is 2.00 bits per heavy atom. The van der Waals surface area contributed by atoms with Gasteiger partial charge in [-0.05, 0) is 30.3 Å². The maximum Gasteiger partial charge on any atom is 0.255 e. The molecule has 1 aliphatic heterocycles. The predicted octanol–water partition coefficient (Wildman–Crippen LogP) is 1.38. The number of anilines is 1. The van der Waals surface area contributed by atoms with Crippen LogP contribution in [0.15, 0.2) is 47.5 Å². The lowest BCUT2D eigenvalue weighted by Crippen LogP contribution is -2.40. The summed E-state index contributed by atoms with van der Waals surface area (Å²) in [5.74, 6) is -0.205. The zero-order valence-electron chi connectivity index (χ0n) is 16.0. The Balaban J connectivity index is 1.77. The molecule has 29 heavy (non-hydrogen) atoms. The second kappa shape index (κ2) is 9.79. The number of nitrogens with zero attached hydrogens (tertiary/aromatic N) is 2. The van der Waals surface area contributed by atoms with Crippen LogP contribution in [0, 0.1) is 0 Å². The van der Waals surface area contributed by atoms with Crippen molar-refractivity contribution in [1.82, 2.24) is 9.29 Å². The molecule has 2 heterocycles. The van der Waals surface area contributed by atoms with E-state index >= 15 is 0 Å². The predicted molar refractivity (Wildman–Crippen MR) is 106 cm³/mol. The van der Waals surface area contributed by atoms with Crippen LogP contribution in [0.1, 0.15) is 10.4 Å². The summed E-state index contributed by atoms with van der Waals surface area (Å²) < 4.78 is 42.6. The molecule has 0 atom stereocenters. The summed E-state index contributed by atoms with van der Waals surface area (Å²) >= 11 is 0. The molecular weight excluding hydrogens is 398 g/mol. The molecule has 1 fully saturated rings. The van der Waals surface area contributed by atoms with Gasteiger partial charge in [0.1, 0.15) is 12.3 Å². The fourth-order valence-electron chi connectivity index (χ4n) is 2.75. The molecule has 1 saturated heterocycles. The van der Waals surface area contributed by atoms with Crippen LogP contribution in [0.3, 0.4) is 0 Å². The van der Waals surface area contributed by atoms with E-state index in [1.54, 1.807) is 37.6 Å². The lowest BCUT2D eigenvalue weighted by molar-refractivity contribution is 0.0730. The Bertz CT molecular complexity index is 944. The minimum Gasteiger partial charge on any atom is -0.474 e. The number of rotatable bonds is 8. The first-order valence-corrected chi connectivity index (χ1v) is 10.5. The normalized spacial score (nSPS) is 15.1. The van der Waals surface area contributed by atoms with E-state index in [4.69, 9.17) is 14.2 Å². The van der Waals surface area contributed by atoms with Crippen molar-refractivity contribution < 1.29 is 27.4 Å². The van der Waals surface area contributed by atoms with Gasteiger partial charge in [-0.3, -0.25) is 4.79 Å². The number of sulfonamides is 1. The zero-order valence-corrected chi connectivity index (χ0v) is 16.9. The number of benzene rings is 1. The summed E-state index contributed by atoms with van der Waals surface area (Å²) in [5.41, 5.74) is 0.598. The highest BCUT2D eigenvalue weighted by molar-refractivity contribution is 7.89. The number of methoxy groups -OCH3 is 1. The van der Waals surface area contributed by atoms with Gasteiger partial charge in [0.05, 0.1) is 24.7 Å². The molecule has 3 rings (SSSR count). The summed E-state index contributed by atoms with van der Waals surface area (Å²) in [5, 5.41) is 2.72. The number of carbonyl (C=O) groups excluding carboxylic acids is 1. The molecule has 1 aliphatic rings. The number of aromatic nitrogens is 1. The van der Waals surface area contributed by atoms with E-state index in [-0.39, 0.29) is 36.0 Å². The van der Waals surface area contributed by atoms with Crippen LogP contribution < -0.4 is 10.1 Å². The van der Waals surface area contributed by atoms with Gasteiger partial charge < -0.3 is 19.5 Å². The molecule has 0 aliphatic carbocycles. The second-order valence-corrected chi connectivity index (χ2v) is 8.13. The van der Waals surface area contributed by atoms with Crippen LogP contribution in [0.25, 0.3) is 0 Å². The highest BCUT2D eigenvalue weighted by Gasteiger charge is 2.27. The second-order valence-electron chi connectivity index (χ2n) is 6.20. The standard InChI is InChI=1S/C19H23N3O6S/c1-26-12-13-28-19-17(6-3-7-20-19)21-18(23)15-4-2-5-16(14-15)29(24,25)22-8-10-27-11-9-22/h2-7,14H,8-13H2,1H3,(H,21,23). The van der Waals surface area contributed by atoms with Crippen molar-refractivity contribution >= 4 is 21.6 Å². The molecule has 0 saturated carbocycles. The van der Waals surface area contributed by atoms with E-state index in [1.165, 1.54) is 16.4 Å². The molecule has 1 amide bonds. The number of carbonyl (C=O) groups is 1. The molecule has 0 unspecified atom stereocenters. The fourth-order valence-corrected chi connectivity index (χ4v) is 4.21. The number of amides is 1. The first-order chi connectivity index (χ1) is 14.0. The summed E-state index contributed by atoms with van der Waals surface area (Å²) in [6.07, 6.45) is 1.55. The summed E-state index contributed by atoms with van der Waals surface area (Å²) in [6.45, 7) is 1.95.